The van der Waals surface area contributed by atoms with Crippen molar-refractivity contribution in [3.8, 4) is 0 Å². The molecular weight excluding hydrogens is 247 g/mol. The third-order valence-corrected chi connectivity index (χ3v) is 2.79. The van der Waals surface area contributed by atoms with Crippen LogP contribution in [0.1, 0.15) is 20.3 Å². The number of aliphatic hydroxyl groups is 1. The summed E-state index contributed by atoms with van der Waals surface area (Å²) in [5.41, 5.74) is 0.455. The van der Waals surface area contributed by atoms with E-state index >= 15 is 0 Å². The van der Waals surface area contributed by atoms with Crippen molar-refractivity contribution < 1.29 is 14.3 Å². The number of amides is 1. The normalized spacial score (nSPS) is 11.1. The molecule has 0 aliphatic heterocycles. The van der Waals surface area contributed by atoms with Crippen molar-refractivity contribution in [2.45, 2.75) is 26.3 Å². The average molecular weight is 268 g/mol. The second-order valence-electron chi connectivity index (χ2n) is 4.70. The van der Waals surface area contributed by atoms with Crippen molar-refractivity contribution in [2.75, 3.05) is 25.0 Å². The van der Waals surface area contributed by atoms with Crippen molar-refractivity contribution in [3.05, 3.63) is 30.1 Å². The van der Waals surface area contributed by atoms with Crippen molar-refractivity contribution in [1.82, 2.24) is 4.90 Å². The summed E-state index contributed by atoms with van der Waals surface area (Å²) in [4.78, 5) is 13.8. The van der Waals surface area contributed by atoms with Crippen LogP contribution in [0.4, 0.5) is 10.1 Å². The Kier molecular flexibility index (Phi) is 6.45. The molecule has 0 aromatic heterocycles. The molecule has 0 unspecified atom stereocenters. The second kappa shape index (κ2) is 7.86. The first-order valence-corrected chi connectivity index (χ1v) is 6.43. The highest BCUT2D eigenvalue weighted by Gasteiger charge is 2.13. The third kappa shape index (κ3) is 5.81. The molecule has 1 rings (SSSR count). The SMILES string of the molecule is CC(C)N(CCCO)CC(=O)Nc1cccc(F)c1. The molecule has 1 aromatic carbocycles. The van der Waals surface area contributed by atoms with Gasteiger partial charge in [-0.3, -0.25) is 9.69 Å². The zero-order chi connectivity index (χ0) is 14.3. The van der Waals surface area contributed by atoms with Gasteiger partial charge in [0.25, 0.3) is 0 Å². The number of hydrogen-bond acceptors (Lipinski definition) is 3. The van der Waals surface area contributed by atoms with Gasteiger partial charge in [-0.2, -0.15) is 0 Å². The zero-order valence-electron chi connectivity index (χ0n) is 11.4. The van der Waals surface area contributed by atoms with E-state index in [4.69, 9.17) is 5.11 Å². The van der Waals surface area contributed by atoms with E-state index in [1.54, 1.807) is 12.1 Å². The fraction of sp³-hybridized carbons (Fsp3) is 0.500. The molecule has 0 spiro atoms. The number of nitrogens with one attached hydrogen (secondary N) is 1. The standard InChI is InChI=1S/C14H21FN2O2/c1-11(2)17(7-4-8-18)10-14(19)16-13-6-3-5-12(15)9-13/h3,5-6,9,11,18H,4,7-8,10H2,1-2H3,(H,16,19). The van der Waals surface area contributed by atoms with Crippen LogP contribution in [0.5, 0.6) is 0 Å². The Bertz CT molecular complexity index is 410. The van der Waals surface area contributed by atoms with Crippen molar-refractivity contribution >= 4 is 11.6 Å². The number of carbonyl (C=O) groups is 1. The lowest BCUT2D eigenvalue weighted by atomic mass is 10.2. The van der Waals surface area contributed by atoms with Crippen molar-refractivity contribution in [2.24, 2.45) is 0 Å². The van der Waals surface area contributed by atoms with Crippen LogP contribution in [0.15, 0.2) is 24.3 Å². The van der Waals surface area contributed by atoms with Crippen LogP contribution in [-0.2, 0) is 4.79 Å². The first-order chi connectivity index (χ1) is 9.02. The molecule has 0 aliphatic rings. The smallest absolute Gasteiger partial charge is 0.238 e. The van der Waals surface area contributed by atoms with Gasteiger partial charge in [0.2, 0.25) is 5.91 Å². The fourth-order valence-corrected chi connectivity index (χ4v) is 1.74. The van der Waals surface area contributed by atoms with Crippen LogP contribution in [0.25, 0.3) is 0 Å². The number of aliphatic hydroxyl groups excluding tert-OH is 1. The molecule has 0 saturated heterocycles. The van der Waals surface area contributed by atoms with Gasteiger partial charge in [0.1, 0.15) is 5.82 Å². The summed E-state index contributed by atoms with van der Waals surface area (Å²) in [6.07, 6.45) is 0.630. The minimum absolute atomic E-state index is 0.106. The van der Waals surface area contributed by atoms with E-state index in [0.717, 1.165) is 0 Å². The van der Waals surface area contributed by atoms with Crippen LogP contribution in [0.2, 0.25) is 0 Å². The largest absolute Gasteiger partial charge is 0.396 e. The highest BCUT2D eigenvalue weighted by atomic mass is 19.1. The molecule has 5 heteroatoms. The van der Waals surface area contributed by atoms with Crippen molar-refractivity contribution in [1.29, 1.82) is 0 Å². The first-order valence-electron chi connectivity index (χ1n) is 6.43. The van der Waals surface area contributed by atoms with Gasteiger partial charge in [-0.15, -0.1) is 0 Å². The molecular formula is C14H21FN2O2. The van der Waals surface area contributed by atoms with Crippen LogP contribution >= 0.6 is 0 Å². The van der Waals surface area contributed by atoms with E-state index in [1.807, 2.05) is 18.7 Å². The number of rotatable bonds is 7. The maximum atomic E-state index is 13.0. The summed E-state index contributed by atoms with van der Waals surface area (Å²) < 4.78 is 13.0. The Morgan fingerprint density at radius 2 is 2.21 bits per heavy atom. The lowest BCUT2D eigenvalue weighted by Gasteiger charge is -2.25. The molecule has 1 amide bonds. The summed E-state index contributed by atoms with van der Waals surface area (Å²) in [6.45, 7) is 4.98. The van der Waals surface area contributed by atoms with Crippen LogP contribution < -0.4 is 5.32 Å². The second-order valence-corrected chi connectivity index (χ2v) is 4.70. The van der Waals surface area contributed by atoms with Gasteiger partial charge in [0, 0.05) is 24.9 Å². The molecule has 4 nitrogen and oxygen atoms in total. The molecule has 2 N–H and O–H groups in total. The summed E-state index contributed by atoms with van der Waals surface area (Å²) in [7, 11) is 0. The predicted octanol–water partition coefficient (Wildman–Crippen LogP) is 1.86. The topological polar surface area (TPSA) is 52.6 Å². The lowest BCUT2D eigenvalue weighted by Crippen LogP contribution is -2.39. The molecule has 0 atom stereocenters. The van der Waals surface area contributed by atoms with E-state index in [1.165, 1.54) is 12.1 Å². The van der Waals surface area contributed by atoms with Gasteiger partial charge in [-0.25, -0.2) is 4.39 Å². The number of halogens is 1. The summed E-state index contributed by atoms with van der Waals surface area (Å²) in [5, 5.41) is 11.5. The Morgan fingerprint density at radius 3 is 2.79 bits per heavy atom. The van der Waals surface area contributed by atoms with E-state index in [9.17, 15) is 9.18 Å². The third-order valence-electron chi connectivity index (χ3n) is 2.79. The summed E-state index contributed by atoms with van der Waals surface area (Å²) >= 11 is 0. The lowest BCUT2D eigenvalue weighted by molar-refractivity contribution is -0.117. The van der Waals surface area contributed by atoms with E-state index < -0.39 is 0 Å². The van der Waals surface area contributed by atoms with Crippen LogP contribution in [0, 0.1) is 5.82 Å². The maximum Gasteiger partial charge on any atom is 0.238 e. The van der Waals surface area contributed by atoms with E-state index in [-0.39, 0.29) is 30.9 Å². The summed E-state index contributed by atoms with van der Waals surface area (Å²) in [6, 6.07) is 6.03. The number of carbonyl (C=O) groups excluding carboxylic acids is 1. The molecule has 0 radical (unpaired) electrons. The Hall–Kier alpha value is -1.46. The molecule has 19 heavy (non-hydrogen) atoms. The molecule has 0 heterocycles. The molecule has 0 saturated carbocycles. The van der Waals surface area contributed by atoms with Crippen molar-refractivity contribution in [3.63, 3.8) is 0 Å². The van der Waals surface area contributed by atoms with Gasteiger partial charge >= 0.3 is 0 Å². The van der Waals surface area contributed by atoms with Gasteiger partial charge in [0.05, 0.1) is 6.54 Å². The minimum atomic E-state index is -0.376. The van der Waals surface area contributed by atoms with Crippen LogP contribution in [0.3, 0.4) is 0 Å². The maximum absolute atomic E-state index is 13.0. The molecule has 0 aliphatic carbocycles. The molecule has 1 aromatic rings. The molecule has 0 fully saturated rings. The average Bonchev–Trinajstić information content (AvgIpc) is 2.34. The zero-order valence-corrected chi connectivity index (χ0v) is 11.4. The Morgan fingerprint density at radius 1 is 1.47 bits per heavy atom. The fourth-order valence-electron chi connectivity index (χ4n) is 1.74. The molecule has 106 valence electrons. The first kappa shape index (κ1) is 15.6. The Labute approximate surface area is 113 Å². The monoisotopic (exact) mass is 268 g/mol. The van der Waals surface area contributed by atoms with Gasteiger partial charge in [-0.1, -0.05) is 6.07 Å². The minimum Gasteiger partial charge on any atom is -0.396 e. The highest BCUT2D eigenvalue weighted by molar-refractivity contribution is 5.92. The predicted molar refractivity (Wildman–Crippen MR) is 73.4 cm³/mol. The van der Waals surface area contributed by atoms with E-state index in [2.05, 4.69) is 5.32 Å². The summed E-state index contributed by atoms with van der Waals surface area (Å²) in [5.74, 6) is -0.559. The van der Waals surface area contributed by atoms with Gasteiger partial charge in [-0.05, 0) is 38.5 Å². The van der Waals surface area contributed by atoms with Gasteiger partial charge in [0.15, 0.2) is 0 Å². The highest BCUT2D eigenvalue weighted by Crippen LogP contribution is 2.09. The Balaban J connectivity index is 2.52. The quantitative estimate of drug-likeness (QED) is 0.793. The molecule has 0 bridgehead atoms. The van der Waals surface area contributed by atoms with Gasteiger partial charge < -0.3 is 10.4 Å². The van der Waals surface area contributed by atoms with Crippen LogP contribution in [-0.4, -0.2) is 41.7 Å². The van der Waals surface area contributed by atoms with E-state index in [0.29, 0.717) is 18.7 Å². The number of benzene rings is 1. The number of anilines is 1. The number of nitrogens with zero attached hydrogens (tertiary/aromatic N) is 1. The number of hydrogen-bond donors (Lipinski definition) is 2.